The fraction of sp³-hybridized carbons (Fsp3) is 0.526. The van der Waals surface area contributed by atoms with Crippen molar-refractivity contribution in [2.45, 2.75) is 58.9 Å². The third-order valence-corrected chi connectivity index (χ3v) is 5.30. The summed E-state index contributed by atoms with van der Waals surface area (Å²) in [4.78, 5) is 11.5. The van der Waals surface area contributed by atoms with Crippen LogP contribution < -0.4 is 0 Å². The minimum Gasteiger partial charge on any atom is -0.481 e. The van der Waals surface area contributed by atoms with E-state index in [0.717, 1.165) is 32.2 Å². The molecule has 2 unspecified atom stereocenters. The lowest BCUT2D eigenvalue weighted by molar-refractivity contribution is -0.142. The maximum absolute atomic E-state index is 11.5. The molecule has 1 aliphatic rings. The normalized spacial score (nSPS) is 19.1. The van der Waals surface area contributed by atoms with E-state index in [2.05, 4.69) is 36.6 Å². The first-order valence-electron chi connectivity index (χ1n) is 8.45. The third kappa shape index (κ3) is 2.15. The Labute approximate surface area is 131 Å². The number of aryl methyl sites for hydroxylation is 3. The van der Waals surface area contributed by atoms with Gasteiger partial charge in [-0.15, -0.1) is 0 Å². The molecule has 0 saturated carbocycles. The predicted octanol–water partition coefficient (Wildman–Crippen LogP) is 4.36. The first kappa shape index (κ1) is 15.1. The molecule has 22 heavy (non-hydrogen) atoms. The van der Waals surface area contributed by atoms with Crippen molar-refractivity contribution in [3.63, 3.8) is 0 Å². The molecule has 118 valence electrons. The van der Waals surface area contributed by atoms with Gasteiger partial charge in [-0.05, 0) is 43.7 Å². The van der Waals surface area contributed by atoms with E-state index in [9.17, 15) is 9.90 Å². The highest BCUT2D eigenvalue weighted by molar-refractivity contribution is 5.89. The molecule has 0 aliphatic heterocycles. The van der Waals surface area contributed by atoms with Crippen LogP contribution in [0.15, 0.2) is 18.2 Å². The van der Waals surface area contributed by atoms with Crippen molar-refractivity contribution in [2.24, 2.45) is 5.92 Å². The summed E-state index contributed by atoms with van der Waals surface area (Å²) in [7, 11) is 0. The van der Waals surface area contributed by atoms with Gasteiger partial charge in [0.2, 0.25) is 0 Å². The lowest BCUT2D eigenvalue weighted by Gasteiger charge is -2.28. The van der Waals surface area contributed by atoms with Crippen LogP contribution in [0.25, 0.3) is 10.9 Å². The van der Waals surface area contributed by atoms with Crippen molar-refractivity contribution >= 4 is 16.9 Å². The molecule has 1 aromatic carbocycles. The number of aliphatic carboxylic acids is 1. The molecular formula is C19H25NO2. The molecule has 0 bridgehead atoms. The Morgan fingerprint density at radius 2 is 2.18 bits per heavy atom. The summed E-state index contributed by atoms with van der Waals surface area (Å²) < 4.78 is 2.40. The molecule has 0 radical (unpaired) electrons. The van der Waals surface area contributed by atoms with Crippen molar-refractivity contribution in [3.8, 4) is 0 Å². The Bertz CT molecular complexity index is 714. The van der Waals surface area contributed by atoms with Gasteiger partial charge in [-0.25, -0.2) is 0 Å². The van der Waals surface area contributed by atoms with E-state index in [1.54, 1.807) is 0 Å². The smallest absolute Gasteiger partial charge is 0.306 e. The fourth-order valence-corrected chi connectivity index (χ4v) is 4.17. The van der Waals surface area contributed by atoms with Crippen molar-refractivity contribution in [1.82, 2.24) is 4.57 Å². The van der Waals surface area contributed by atoms with Gasteiger partial charge in [0.25, 0.3) is 0 Å². The maximum Gasteiger partial charge on any atom is 0.306 e. The molecule has 1 aromatic heterocycles. The number of carboxylic acids is 1. The number of hydrogen-bond donors (Lipinski definition) is 1. The molecular weight excluding hydrogens is 274 g/mol. The van der Waals surface area contributed by atoms with E-state index in [4.69, 9.17) is 0 Å². The summed E-state index contributed by atoms with van der Waals surface area (Å²) in [6.07, 6.45) is 4.17. The zero-order valence-corrected chi connectivity index (χ0v) is 13.7. The molecule has 0 spiro atoms. The van der Waals surface area contributed by atoms with Crippen LogP contribution in [0.4, 0.5) is 0 Å². The van der Waals surface area contributed by atoms with Crippen molar-refractivity contribution in [1.29, 1.82) is 0 Å². The lowest BCUT2D eigenvalue weighted by Crippen LogP contribution is -2.25. The summed E-state index contributed by atoms with van der Waals surface area (Å²) in [6, 6.07) is 6.56. The fourth-order valence-electron chi connectivity index (χ4n) is 4.17. The van der Waals surface area contributed by atoms with E-state index in [1.165, 1.54) is 27.7 Å². The second kappa shape index (κ2) is 5.79. The van der Waals surface area contributed by atoms with E-state index in [1.807, 2.05) is 6.92 Å². The summed E-state index contributed by atoms with van der Waals surface area (Å²) in [6.45, 7) is 7.13. The Morgan fingerprint density at radius 1 is 1.41 bits per heavy atom. The second-order valence-electron chi connectivity index (χ2n) is 6.40. The van der Waals surface area contributed by atoms with Gasteiger partial charge in [0.15, 0.2) is 0 Å². The van der Waals surface area contributed by atoms with Gasteiger partial charge in [-0.3, -0.25) is 4.79 Å². The van der Waals surface area contributed by atoms with Crippen molar-refractivity contribution < 1.29 is 9.90 Å². The highest BCUT2D eigenvalue weighted by atomic mass is 16.4. The summed E-state index contributed by atoms with van der Waals surface area (Å²) >= 11 is 0. The summed E-state index contributed by atoms with van der Waals surface area (Å²) in [5, 5.41) is 10.8. The topological polar surface area (TPSA) is 42.2 Å². The van der Waals surface area contributed by atoms with Crippen molar-refractivity contribution in [2.75, 3.05) is 0 Å². The van der Waals surface area contributed by atoms with E-state index < -0.39 is 5.97 Å². The lowest BCUT2D eigenvalue weighted by atomic mass is 9.79. The third-order valence-electron chi connectivity index (χ3n) is 5.30. The number of rotatable bonds is 4. The van der Waals surface area contributed by atoms with Gasteiger partial charge in [-0.2, -0.15) is 0 Å². The number of fused-ring (bicyclic) bond motifs is 3. The van der Waals surface area contributed by atoms with Crippen LogP contribution in [0.2, 0.25) is 0 Å². The van der Waals surface area contributed by atoms with Crippen LogP contribution in [0, 0.1) is 5.92 Å². The van der Waals surface area contributed by atoms with Gasteiger partial charge in [0, 0.05) is 23.5 Å². The molecule has 1 heterocycles. The zero-order valence-electron chi connectivity index (χ0n) is 13.7. The molecule has 3 heteroatoms. The minimum absolute atomic E-state index is 0.137. The highest BCUT2D eigenvalue weighted by Crippen LogP contribution is 2.42. The largest absolute Gasteiger partial charge is 0.481 e. The number of aromatic nitrogens is 1. The van der Waals surface area contributed by atoms with E-state index >= 15 is 0 Å². The molecule has 3 nitrogen and oxygen atoms in total. The number of benzene rings is 1. The summed E-state index contributed by atoms with van der Waals surface area (Å²) in [5.41, 5.74) is 5.40. The number of hydrogen-bond acceptors (Lipinski definition) is 1. The molecule has 2 atom stereocenters. The second-order valence-corrected chi connectivity index (χ2v) is 6.40. The zero-order chi connectivity index (χ0) is 15.9. The average Bonchev–Trinajstić information content (AvgIpc) is 2.87. The first-order valence-corrected chi connectivity index (χ1v) is 8.45. The van der Waals surface area contributed by atoms with Gasteiger partial charge >= 0.3 is 5.97 Å². The molecule has 0 amide bonds. The van der Waals surface area contributed by atoms with E-state index in [-0.39, 0.29) is 11.8 Å². The minimum atomic E-state index is -0.679. The van der Waals surface area contributed by atoms with Crippen LogP contribution >= 0.6 is 0 Å². The van der Waals surface area contributed by atoms with Gasteiger partial charge in [-0.1, -0.05) is 32.0 Å². The monoisotopic (exact) mass is 299 g/mol. The van der Waals surface area contributed by atoms with E-state index in [0.29, 0.717) is 0 Å². The van der Waals surface area contributed by atoms with Gasteiger partial charge in [0.05, 0.1) is 11.4 Å². The van der Waals surface area contributed by atoms with Gasteiger partial charge in [0.1, 0.15) is 0 Å². The maximum atomic E-state index is 11.5. The molecule has 1 aliphatic carbocycles. The highest BCUT2D eigenvalue weighted by Gasteiger charge is 2.34. The summed E-state index contributed by atoms with van der Waals surface area (Å²) in [5.74, 6) is -0.862. The quantitative estimate of drug-likeness (QED) is 0.911. The Hall–Kier alpha value is -1.77. The molecule has 0 saturated heterocycles. The number of nitrogens with zero attached hydrogens (tertiary/aromatic N) is 1. The van der Waals surface area contributed by atoms with Crippen molar-refractivity contribution in [3.05, 3.63) is 35.0 Å². The molecule has 0 fully saturated rings. The molecule has 1 N–H and O–H groups in total. The van der Waals surface area contributed by atoms with Crippen LogP contribution in [0.3, 0.4) is 0 Å². The van der Waals surface area contributed by atoms with Gasteiger partial charge < -0.3 is 9.67 Å². The Balaban J connectivity index is 2.30. The number of carboxylic acid groups (broad SMARTS) is 1. The molecule has 2 aromatic rings. The molecule has 3 rings (SSSR count). The van der Waals surface area contributed by atoms with Crippen LogP contribution in [-0.4, -0.2) is 15.6 Å². The van der Waals surface area contributed by atoms with Crippen LogP contribution in [0.5, 0.6) is 0 Å². The van der Waals surface area contributed by atoms with Crippen LogP contribution in [0.1, 0.15) is 56.4 Å². The Morgan fingerprint density at radius 3 is 2.82 bits per heavy atom. The average molecular weight is 299 g/mol. The SMILES string of the molecule is CCc1cccc2c3c(n(CC)c12)C(C(C)C(=O)O)CCC3. The number of para-hydroxylation sites is 1. The van der Waals surface area contributed by atoms with Crippen LogP contribution in [-0.2, 0) is 24.2 Å². The first-order chi connectivity index (χ1) is 10.6. The Kier molecular flexibility index (Phi) is 3.98. The number of carbonyl (C=O) groups is 1. The predicted molar refractivity (Wildman–Crippen MR) is 89.5 cm³/mol. The standard InChI is InChI=1S/C19H25NO2/c1-4-13-8-6-10-15-16-11-7-9-14(12(3)19(21)22)18(16)20(5-2)17(13)15/h6,8,10,12,14H,4-5,7,9,11H2,1-3H3,(H,21,22).